The third-order valence-corrected chi connectivity index (χ3v) is 3.00. The minimum absolute atomic E-state index is 0.0786. The summed E-state index contributed by atoms with van der Waals surface area (Å²) in [6.07, 6.45) is -5.24. The minimum Gasteiger partial charge on any atom is -0.444 e. The molecular weight excluding hydrogens is 303 g/mol. The number of hydrogen-bond acceptors (Lipinski definition) is 4. The van der Waals surface area contributed by atoms with E-state index < -0.39 is 23.8 Å². The number of ether oxygens (including phenoxy) is 1. The standard InChI is InChI=1S/C13H22F3N3O3/c1-12(2,3)22-11(21)19-8-6-18(7-9-19)5-4-17-10(20)13(14,15)16/h4-9H2,1-3H3,(H,17,20). The van der Waals surface area contributed by atoms with Crippen LogP contribution in [-0.4, -0.2) is 72.8 Å². The fourth-order valence-electron chi connectivity index (χ4n) is 1.91. The van der Waals surface area contributed by atoms with Gasteiger partial charge in [0, 0.05) is 39.3 Å². The summed E-state index contributed by atoms with van der Waals surface area (Å²) in [5.41, 5.74) is -0.559. The van der Waals surface area contributed by atoms with Crippen LogP contribution >= 0.6 is 0 Å². The zero-order chi connectivity index (χ0) is 17.0. The Balaban J connectivity index is 2.26. The molecule has 0 aliphatic carbocycles. The monoisotopic (exact) mass is 325 g/mol. The average Bonchev–Trinajstić information content (AvgIpc) is 2.36. The van der Waals surface area contributed by atoms with E-state index in [4.69, 9.17) is 4.74 Å². The molecule has 6 nitrogen and oxygen atoms in total. The van der Waals surface area contributed by atoms with Gasteiger partial charge in [-0.15, -0.1) is 0 Å². The summed E-state index contributed by atoms with van der Waals surface area (Å²) >= 11 is 0. The topological polar surface area (TPSA) is 61.9 Å². The second-order valence-electron chi connectivity index (χ2n) is 6.06. The first-order valence-corrected chi connectivity index (χ1v) is 7.04. The van der Waals surface area contributed by atoms with Gasteiger partial charge in [0.15, 0.2) is 0 Å². The molecule has 1 fully saturated rings. The molecule has 128 valence electrons. The van der Waals surface area contributed by atoms with Crippen LogP contribution in [0.25, 0.3) is 0 Å². The third kappa shape index (κ3) is 6.50. The number of halogens is 3. The van der Waals surface area contributed by atoms with Gasteiger partial charge in [0.2, 0.25) is 0 Å². The molecule has 1 aliphatic heterocycles. The van der Waals surface area contributed by atoms with Gasteiger partial charge in [0.05, 0.1) is 0 Å². The lowest BCUT2D eigenvalue weighted by molar-refractivity contribution is -0.173. The van der Waals surface area contributed by atoms with Crippen molar-refractivity contribution in [3.8, 4) is 0 Å². The number of nitrogens with zero attached hydrogens (tertiary/aromatic N) is 2. The minimum atomic E-state index is -4.85. The number of rotatable bonds is 3. The molecule has 1 aliphatic rings. The summed E-state index contributed by atoms with van der Waals surface area (Å²) in [4.78, 5) is 25.9. The molecule has 0 aromatic rings. The van der Waals surface area contributed by atoms with Gasteiger partial charge < -0.3 is 15.0 Å². The first-order chi connectivity index (χ1) is 9.99. The number of carbonyl (C=O) groups is 2. The lowest BCUT2D eigenvalue weighted by Crippen LogP contribution is -2.51. The van der Waals surface area contributed by atoms with Crippen LogP contribution in [0.2, 0.25) is 0 Å². The lowest BCUT2D eigenvalue weighted by atomic mass is 10.2. The predicted molar refractivity (Wildman–Crippen MR) is 73.3 cm³/mol. The Morgan fingerprint density at radius 1 is 1.09 bits per heavy atom. The molecule has 22 heavy (non-hydrogen) atoms. The Morgan fingerprint density at radius 3 is 2.09 bits per heavy atom. The first kappa shape index (κ1) is 18.5. The first-order valence-electron chi connectivity index (χ1n) is 7.04. The zero-order valence-corrected chi connectivity index (χ0v) is 13.0. The van der Waals surface area contributed by atoms with E-state index in [0.717, 1.165) is 0 Å². The molecular formula is C13H22F3N3O3. The number of nitrogens with one attached hydrogen (secondary N) is 1. The Morgan fingerprint density at radius 2 is 1.64 bits per heavy atom. The molecule has 9 heteroatoms. The maximum absolute atomic E-state index is 12.0. The molecule has 0 aromatic carbocycles. The van der Waals surface area contributed by atoms with Gasteiger partial charge in [-0.2, -0.15) is 13.2 Å². The van der Waals surface area contributed by atoms with Gasteiger partial charge >= 0.3 is 18.2 Å². The molecule has 0 aromatic heterocycles. The molecule has 0 radical (unpaired) electrons. The second-order valence-corrected chi connectivity index (χ2v) is 6.06. The van der Waals surface area contributed by atoms with Crippen LogP contribution in [0.15, 0.2) is 0 Å². The summed E-state index contributed by atoms with van der Waals surface area (Å²) < 4.78 is 41.3. The van der Waals surface area contributed by atoms with Crippen molar-refractivity contribution < 1.29 is 27.5 Å². The largest absolute Gasteiger partial charge is 0.471 e. The normalized spacial score (nSPS) is 17.3. The predicted octanol–water partition coefficient (Wildman–Crippen LogP) is 1.22. The van der Waals surface area contributed by atoms with Gasteiger partial charge in [-0.25, -0.2) is 4.79 Å². The summed E-state index contributed by atoms with van der Waals surface area (Å²) in [5, 5.41) is 1.82. The van der Waals surface area contributed by atoms with Crippen LogP contribution in [0.1, 0.15) is 20.8 Å². The SMILES string of the molecule is CC(C)(C)OC(=O)N1CCN(CCNC(=O)C(F)(F)F)CC1. The molecule has 0 bridgehead atoms. The van der Waals surface area contributed by atoms with E-state index in [9.17, 15) is 22.8 Å². The summed E-state index contributed by atoms with van der Waals surface area (Å²) in [5.74, 6) is -1.93. The second kappa shape index (κ2) is 7.17. The lowest BCUT2D eigenvalue weighted by Gasteiger charge is -2.35. The molecule has 1 heterocycles. The Kier molecular flexibility index (Phi) is 6.04. The van der Waals surface area contributed by atoms with Crippen molar-refractivity contribution in [2.24, 2.45) is 0 Å². The molecule has 0 atom stereocenters. The molecule has 0 unspecified atom stereocenters. The van der Waals surface area contributed by atoms with Crippen molar-refractivity contribution in [1.29, 1.82) is 0 Å². The van der Waals surface area contributed by atoms with Crippen molar-refractivity contribution in [1.82, 2.24) is 15.1 Å². The zero-order valence-electron chi connectivity index (χ0n) is 13.0. The van der Waals surface area contributed by atoms with Crippen molar-refractivity contribution in [3.05, 3.63) is 0 Å². The van der Waals surface area contributed by atoms with Crippen LogP contribution < -0.4 is 5.32 Å². The smallest absolute Gasteiger partial charge is 0.444 e. The van der Waals surface area contributed by atoms with Crippen LogP contribution in [0.3, 0.4) is 0 Å². The molecule has 0 saturated carbocycles. The fraction of sp³-hybridized carbons (Fsp3) is 0.846. The maximum Gasteiger partial charge on any atom is 0.471 e. The van der Waals surface area contributed by atoms with Gasteiger partial charge in [-0.3, -0.25) is 9.69 Å². The highest BCUT2D eigenvalue weighted by atomic mass is 19.4. The van der Waals surface area contributed by atoms with Crippen molar-refractivity contribution in [3.63, 3.8) is 0 Å². The Hall–Kier alpha value is -1.51. The van der Waals surface area contributed by atoms with Crippen LogP contribution in [0.4, 0.5) is 18.0 Å². The number of amides is 2. The van der Waals surface area contributed by atoms with Gasteiger partial charge in [0.1, 0.15) is 5.60 Å². The Labute approximate surface area is 127 Å². The fourth-order valence-corrected chi connectivity index (χ4v) is 1.91. The number of piperazine rings is 1. The van der Waals surface area contributed by atoms with Crippen LogP contribution in [-0.2, 0) is 9.53 Å². The third-order valence-electron chi connectivity index (χ3n) is 3.00. The molecule has 1 N–H and O–H groups in total. The van der Waals surface area contributed by atoms with Crippen molar-refractivity contribution in [2.45, 2.75) is 32.5 Å². The van der Waals surface area contributed by atoms with E-state index >= 15 is 0 Å². The number of hydrogen-bond donors (Lipinski definition) is 1. The van der Waals surface area contributed by atoms with E-state index in [-0.39, 0.29) is 6.54 Å². The molecule has 1 rings (SSSR count). The summed E-state index contributed by atoms with van der Waals surface area (Å²) in [6.45, 7) is 7.53. The van der Waals surface area contributed by atoms with Crippen molar-refractivity contribution >= 4 is 12.0 Å². The van der Waals surface area contributed by atoms with Crippen LogP contribution in [0, 0.1) is 0 Å². The van der Waals surface area contributed by atoms with Gasteiger partial charge in [0.25, 0.3) is 0 Å². The molecule has 1 saturated heterocycles. The summed E-state index contributed by atoms with van der Waals surface area (Å²) in [6, 6.07) is 0. The number of carbonyl (C=O) groups excluding carboxylic acids is 2. The van der Waals surface area contributed by atoms with Crippen molar-refractivity contribution in [2.75, 3.05) is 39.3 Å². The highest BCUT2D eigenvalue weighted by Crippen LogP contribution is 2.14. The quantitative estimate of drug-likeness (QED) is 0.847. The average molecular weight is 325 g/mol. The van der Waals surface area contributed by atoms with E-state index in [1.54, 1.807) is 25.7 Å². The highest BCUT2D eigenvalue weighted by Gasteiger charge is 2.38. The van der Waals surface area contributed by atoms with E-state index in [1.165, 1.54) is 0 Å². The molecule has 0 spiro atoms. The molecule has 2 amide bonds. The summed E-state index contributed by atoms with van der Waals surface area (Å²) in [7, 11) is 0. The van der Waals surface area contributed by atoms with Crippen LogP contribution in [0.5, 0.6) is 0 Å². The Bertz CT molecular complexity index is 400. The van der Waals surface area contributed by atoms with Gasteiger partial charge in [-0.05, 0) is 20.8 Å². The van der Waals surface area contributed by atoms with Gasteiger partial charge in [-0.1, -0.05) is 0 Å². The highest BCUT2D eigenvalue weighted by molar-refractivity contribution is 5.81. The maximum atomic E-state index is 12.0. The van der Waals surface area contributed by atoms with E-state index in [2.05, 4.69) is 0 Å². The number of alkyl halides is 3. The van der Waals surface area contributed by atoms with E-state index in [0.29, 0.717) is 32.7 Å². The van der Waals surface area contributed by atoms with E-state index in [1.807, 2.05) is 10.2 Å².